The molecular weight excluding hydrogens is 316 g/mol. The summed E-state index contributed by atoms with van der Waals surface area (Å²) in [6.45, 7) is 2.21. The molecule has 0 bridgehead atoms. The van der Waals surface area contributed by atoms with Gasteiger partial charge in [-0.1, -0.05) is 80.1 Å². The lowest BCUT2D eigenvalue weighted by Crippen LogP contribution is -1.98. The molecule has 2 heteroatoms. The van der Waals surface area contributed by atoms with Gasteiger partial charge in [-0.3, -0.25) is 0 Å². The van der Waals surface area contributed by atoms with E-state index in [1.807, 2.05) is 18.2 Å². The van der Waals surface area contributed by atoms with Crippen molar-refractivity contribution in [3.8, 4) is 22.6 Å². The molecule has 128 valence electrons. The van der Waals surface area contributed by atoms with Crippen LogP contribution in [0.25, 0.3) is 33.4 Å². The molecule has 0 atom stereocenters. The van der Waals surface area contributed by atoms with Crippen molar-refractivity contribution in [3.05, 3.63) is 84.6 Å². The van der Waals surface area contributed by atoms with Crippen LogP contribution in [0.5, 0.6) is 0 Å². The van der Waals surface area contributed by atoms with Crippen LogP contribution in [0.15, 0.2) is 78.9 Å². The molecule has 0 aliphatic heterocycles. The van der Waals surface area contributed by atoms with Gasteiger partial charge >= 0.3 is 0 Å². The largest absolute Gasteiger partial charge is 0.233 e. The summed E-state index contributed by atoms with van der Waals surface area (Å²) in [5, 5.41) is 2.49. The van der Waals surface area contributed by atoms with Gasteiger partial charge in [-0.05, 0) is 35.7 Å². The molecule has 1 aromatic heterocycles. The highest BCUT2D eigenvalue weighted by Gasteiger charge is 2.09. The first-order valence-electron chi connectivity index (χ1n) is 9.26. The van der Waals surface area contributed by atoms with Crippen LogP contribution in [0.1, 0.15) is 25.5 Å². The summed E-state index contributed by atoms with van der Waals surface area (Å²) in [4.78, 5) is 9.70. The molecule has 0 N–H and O–H groups in total. The van der Waals surface area contributed by atoms with E-state index in [2.05, 4.69) is 67.6 Å². The topological polar surface area (TPSA) is 25.8 Å². The summed E-state index contributed by atoms with van der Waals surface area (Å²) in [6, 6.07) is 27.4. The Bertz CT molecular complexity index is 1020. The standard InChI is InChI=1S/C24H22N2/c1-2-3-13-22-17-23(26-24(25-22)19-10-5-4-6-11-19)21-15-14-18-9-7-8-12-20(18)16-21/h4-12,14-17H,2-3,13H2,1H3. The average Bonchev–Trinajstić information content (AvgIpc) is 2.72. The zero-order valence-corrected chi connectivity index (χ0v) is 15.0. The molecule has 1 heterocycles. The van der Waals surface area contributed by atoms with E-state index >= 15 is 0 Å². The molecule has 4 rings (SSSR count). The Morgan fingerprint density at radius 1 is 0.692 bits per heavy atom. The van der Waals surface area contributed by atoms with Crippen LogP contribution in [-0.2, 0) is 6.42 Å². The van der Waals surface area contributed by atoms with Crippen molar-refractivity contribution in [1.82, 2.24) is 9.97 Å². The molecule has 0 spiro atoms. The monoisotopic (exact) mass is 338 g/mol. The quantitative estimate of drug-likeness (QED) is 0.426. The van der Waals surface area contributed by atoms with Gasteiger partial charge in [0.15, 0.2) is 5.82 Å². The second-order valence-electron chi connectivity index (χ2n) is 6.60. The van der Waals surface area contributed by atoms with Crippen LogP contribution in [-0.4, -0.2) is 9.97 Å². The molecule has 4 aromatic rings. The van der Waals surface area contributed by atoms with E-state index in [0.29, 0.717) is 0 Å². The third kappa shape index (κ3) is 3.50. The van der Waals surface area contributed by atoms with Crippen LogP contribution >= 0.6 is 0 Å². The maximum atomic E-state index is 4.88. The number of aromatic nitrogens is 2. The number of nitrogens with zero attached hydrogens (tertiary/aromatic N) is 2. The number of benzene rings is 3. The molecule has 0 aliphatic rings. The van der Waals surface area contributed by atoms with Crippen LogP contribution in [0.2, 0.25) is 0 Å². The van der Waals surface area contributed by atoms with E-state index in [4.69, 9.17) is 9.97 Å². The highest BCUT2D eigenvalue weighted by atomic mass is 14.9. The molecule has 0 saturated carbocycles. The molecule has 0 saturated heterocycles. The highest BCUT2D eigenvalue weighted by molar-refractivity contribution is 5.86. The van der Waals surface area contributed by atoms with Crippen molar-refractivity contribution in [2.75, 3.05) is 0 Å². The van der Waals surface area contributed by atoms with Gasteiger partial charge in [-0.25, -0.2) is 9.97 Å². The first-order valence-corrected chi connectivity index (χ1v) is 9.26. The number of hydrogen-bond donors (Lipinski definition) is 0. The van der Waals surface area contributed by atoms with Gasteiger partial charge in [0.05, 0.1) is 5.69 Å². The molecule has 3 aromatic carbocycles. The van der Waals surface area contributed by atoms with Crippen molar-refractivity contribution in [2.45, 2.75) is 26.2 Å². The molecule has 2 nitrogen and oxygen atoms in total. The fourth-order valence-electron chi connectivity index (χ4n) is 3.20. The van der Waals surface area contributed by atoms with Gasteiger partial charge in [-0.2, -0.15) is 0 Å². The summed E-state index contributed by atoms with van der Waals surface area (Å²) < 4.78 is 0. The smallest absolute Gasteiger partial charge is 0.160 e. The summed E-state index contributed by atoms with van der Waals surface area (Å²) in [5.74, 6) is 0.808. The normalized spacial score (nSPS) is 11.0. The Morgan fingerprint density at radius 3 is 2.27 bits per heavy atom. The number of aryl methyl sites for hydroxylation is 1. The lowest BCUT2D eigenvalue weighted by molar-refractivity contribution is 0.775. The fourth-order valence-corrected chi connectivity index (χ4v) is 3.20. The van der Waals surface area contributed by atoms with Crippen molar-refractivity contribution in [2.24, 2.45) is 0 Å². The van der Waals surface area contributed by atoms with Gasteiger partial charge in [-0.15, -0.1) is 0 Å². The van der Waals surface area contributed by atoms with Gasteiger partial charge in [0.1, 0.15) is 0 Å². The third-order valence-corrected chi connectivity index (χ3v) is 4.64. The average molecular weight is 338 g/mol. The second-order valence-corrected chi connectivity index (χ2v) is 6.60. The molecule has 26 heavy (non-hydrogen) atoms. The SMILES string of the molecule is CCCCc1cc(-c2ccc3ccccc3c2)nc(-c2ccccc2)n1. The Labute approximate surface area is 154 Å². The number of fused-ring (bicyclic) bond motifs is 1. The fraction of sp³-hybridized carbons (Fsp3) is 0.167. The van der Waals surface area contributed by atoms with Crippen molar-refractivity contribution in [1.29, 1.82) is 0 Å². The van der Waals surface area contributed by atoms with E-state index in [0.717, 1.165) is 47.6 Å². The van der Waals surface area contributed by atoms with Crippen LogP contribution in [0.3, 0.4) is 0 Å². The molecule has 0 radical (unpaired) electrons. The first-order chi connectivity index (χ1) is 12.8. The van der Waals surface area contributed by atoms with E-state index in [1.165, 1.54) is 10.8 Å². The lowest BCUT2D eigenvalue weighted by Gasteiger charge is -2.09. The van der Waals surface area contributed by atoms with Gasteiger partial charge in [0, 0.05) is 16.8 Å². The van der Waals surface area contributed by atoms with Gasteiger partial charge < -0.3 is 0 Å². The third-order valence-electron chi connectivity index (χ3n) is 4.64. The van der Waals surface area contributed by atoms with Crippen molar-refractivity contribution < 1.29 is 0 Å². The van der Waals surface area contributed by atoms with E-state index < -0.39 is 0 Å². The highest BCUT2D eigenvalue weighted by Crippen LogP contribution is 2.26. The van der Waals surface area contributed by atoms with E-state index in [9.17, 15) is 0 Å². The number of rotatable bonds is 5. The lowest BCUT2D eigenvalue weighted by atomic mass is 10.0. The number of unbranched alkanes of at least 4 members (excludes halogenated alkanes) is 1. The van der Waals surface area contributed by atoms with Crippen molar-refractivity contribution >= 4 is 10.8 Å². The Balaban J connectivity index is 1.82. The van der Waals surface area contributed by atoms with E-state index in [1.54, 1.807) is 0 Å². The minimum atomic E-state index is 0.808. The van der Waals surface area contributed by atoms with Crippen molar-refractivity contribution in [3.63, 3.8) is 0 Å². The van der Waals surface area contributed by atoms with Crippen LogP contribution < -0.4 is 0 Å². The zero-order valence-electron chi connectivity index (χ0n) is 15.0. The maximum Gasteiger partial charge on any atom is 0.160 e. The summed E-state index contributed by atoms with van der Waals surface area (Å²) in [6.07, 6.45) is 3.29. The Hall–Kier alpha value is -3.00. The van der Waals surface area contributed by atoms with Gasteiger partial charge in [0.2, 0.25) is 0 Å². The van der Waals surface area contributed by atoms with E-state index in [-0.39, 0.29) is 0 Å². The predicted octanol–water partition coefficient (Wildman–Crippen LogP) is 6.31. The predicted molar refractivity (Wildman–Crippen MR) is 109 cm³/mol. The van der Waals surface area contributed by atoms with Crippen LogP contribution in [0.4, 0.5) is 0 Å². The molecular formula is C24H22N2. The Morgan fingerprint density at radius 2 is 1.46 bits per heavy atom. The van der Waals surface area contributed by atoms with Gasteiger partial charge in [0.25, 0.3) is 0 Å². The summed E-state index contributed by atoms with van der Waals surface area (Å²) in [7, 11) is 0. The number of hydrogen-bond acceptors (Lipinski definition) is 2. The molecule has 0 amide bonds. The van der Waals surface area contributed by atoms with Crippen LogP contribution in [0, 0.1) is 0 Å². The molecule has 0 unspecified atom stereocenters. The minimum absolute atomic E-state index is 0.808. The zero-order chi connectivity index (χ0) is 17.8. The summed E-state index contributed by atoms with van der Waals surface area (Å²) in [5.41, 5.74) is 4.31. The Kier molecular flexibility index (Phi) is 4.74. The first kappa shape index (κ1) is 16.5. The second kappa shape index (κ2) is 7.49. The molecule has 0 aliphatic carbocycles. The molecule has 0 fully saturated rings. The minimum Gasteiger partial charge on any atom is -0.233 e. The maximum absolute atomic E-state index is 4.88. The summed E-state index contributed by atoms with van der Waals surface area (Å²) >= 11 is 0.